The number of carbonyl (C=O) groups is 1. The van der Waals surface area contributed by atoms with E-state index >= 15 is 0 Å². The summed E-state index contributed by atoms with van der Waals surface area (Å²) in [4.78, 5) is 46.4. The highest BCUT2D eigenvalue weighted by Gasteiger charge is 2.33. The van der Waals surface area contributed by atoms with E-state index in [1.165, 1.54) is 24.3 Å². The van der Waals surface area contributed by atoms with Crippen molar-refractivity contribution in [1.29, 1.82) is 0 Å². The van der Waals surface area contributed by atoms with Crippen molar-refractivity contribution in [2.45, 2.75) is 25.9 Å². The number of hydrogen-bond donors (Lipinski definition) is 0. The molecule has 0 aliphatic carbocycles. The first kappa shape index (κ1) is 26.1. The summed E-state index contributed by atoms with van der Waals surface area (Å²) in [6.07, 6.45) is 0. The van der Waals surface area contributed by atoms with Crippen LogP contribution in [0.25, 0.3) is 16.6 Å². The van der Waals surface area contributed by atoms with Gasteiger partial charge in [-0.15, -0.1) is 0 Å². The highest BCUT2D eigenvalue weighted by atomic mass is 16.6. The molecule has 0 bridgehead atoms. The van der Waals surface area contributed by atoms with Crippen molar-refractivity contribution < 1.29 is 14.5 Å². The minimum atomic E-state index is -0.484. The van der Waals surface area contributed by atoms with Crippen molar-refractivity contribution in [3.05, 3.63) is 105 Å². The molecule has 0 radical (unpaired) electrons. The first-order chi connectivity index (χ1) is 18.8. The molecule has 1 aromatic heterocycles. The van der Waals surface area contributed by atoms with Gasteiger partial charge in [0.25, 0.3) is 17.2 Å². The minimum absolute atomic E-state index is 0.0535. The number of benzene rings is 3. The minimum Gasteiger partial charge on any atom is -0.495 e. The molecular formula is C29H29N5O5. The molecule has 1 amide bonds. The van der Waals surface area contributed by atoms with Crippen LogP contribution in [-0.2, 0) is 0 Å². The molecule has 2 heterocycles. The van der Waals surface area contributed by atoms with Gasteiger partial charge in [0.05, 0.1) is 34.7 Å². The van der Waals surface area contributed by atoms with Gasteiger partial charge in [-0.05, 0) is 50.2 Å². The van der Waals surface area contributed by atoms with Gasteiger partial charge in [0.15, 0.2) is 0 Å². The average molecular weight is 528 g/mol. The lowest BCUT2D eigenvalue weighted by atomic mass is 10.1. The maximum absolute atomic E-state index is 13.8. The molecule has 10 nitrogen and oxygen atoms in total. The van der Waals surface area contributed by atoms with Crippen molar-refractivity contribution in [2.75, 3.05) is 26.7 Å². The molecule has 1 fully saturated rings. The van der Waals surface area contributed by atoms with Crippen molar-refractivity contribution in [2.24, 2.45) is 0 Å². The molecule has 1 aliphatic heterocycles. The van der Waals surface area contributed by atoms with Gasteiger partial charge in [-0.2, -0.15) is 0 Å². The van der Waals surface area contributed by atoms with E-state index in [1.54, 1.807) is 22.6 Å². The van der Waals surface area contributed by atoms with E-state index < -0.39 is 4.92 Å². The maximum atomic E-state index is 13.8. The van der Waals surface area contributed by atoms with Gasteiger partial charge in [-0.25, -0.2) is 4.98 Å². The Morgan fingerprint density at radius 2 is 1.74 bits per heavy atom. The summed E-state index contributed by atoms with van der Waals surface area (Å²) in [6.45, 7) is 5.59. The van der Waals surface area contributed by atoms with Crippen LogP contribution in [0.4, 0.5) is 5.69 Å². The molecule has 5 rings (SSSR count). The van der Waals surface area contributed by atoms with Crippen molar-refractivity contribution >= 4 is 22.5 Å². The third kappa shape index (κ3) is 4.86. The largest absolute Gasteiger partial charge is 0.495 e. The summed E-state index contributed by atoms with van der Waals surface area (Å²) in [7, 11) is 1.57. The van der Waals surface area contributed by atoms with E-state index in [9.17, 15) is 19.7 Å². The molecule has 0 N–H and O–H groups in total. The number of non-ortho nitro benzene ring substituents is 1. The number of piperazine rings is 1. The topological polar surface area (TPSA) is 111 Å². The number of nitro groups is 1. The Balaban J connectivity index is 1.46. The molecule has 3 aromatic carbocycles. The van der Waals surface area contributed by atoms with Gasteiger partial charge in [-0.1, -0.05) is 24.3 Å². The standard InChI is InChI=1S/C29H29N5O5/c1-19-18-31(16-17-32(19)28(35)21-12-14-22(15-13-21)34(37)38)20(2)27-30-24-9-5-4-8-23(24)29(36)33(27)25-10-6-7-11-26(25)39-3/h4-15,19-20H,16-18H2,1-3H3. The summed E-state index contributed by atoms with van der Waals surface area (Å²) in [5, 5.41) is 11.5. The third-order valence-corrected chi connectivity index (χ3v) is 7.29. The van der Waals surface area contributed by atoms with Gasteiger partial charge >= 0.3 is 0 Å². The van der Waals surface area contributed by atoms with Crippen LogP contribution in [0.2, 0.25) is 0 Å². The SMILES string of the molecule is COc1ccccc1-n1c(C(C)N2CCN(C(=O)c3ccc([N+](=O)[O-])cc3)C(C)C2)nc2ccccc2c1=O. The second-order valence-corrected chi connectivity index (χ2v) is 9.62. The fourth-order valence-corrected chi connectivity index (χ4v) is 5.17. The number of para-hydroxylation sites is 3. The summed E-state index contributed by atoms with van der Waals surface area (Å²) >= 11 is 0. The predicted molar refractivity (Wildman–Crippen MR) is 147 cm³/mol. The number of fused-ring (bicyclic) bond motifs is 1. The lowest BCUT2D eigenvalue weighted by molar-refractivity contribution is -0.384. The highest BCUT2D eigenvalue weighted by Crippen LogP contribution is 2.29. The summed E-state index contributed by atoms with van der Waals surface area (Å²) in [5.41, 5.74) is 1.42. The van der Waals surface area contributed by atoms with E-state index in [0.717, 1.165) is 0 Å². The van der Waals surface area contributed by atoms with Gasteiger partial charge in [-0.3, -0.25) is 29.2 Å². The number of nitrogens with zero attached hydrogens (tertiary/aromatic N) is 5. The molecule has 200 valence electrons. The van der Waals surface area contributed by atoms with Crippen LogP contribution in [-0.4, -0.2) is 63.0 Å². The van der Waals surface area contributed by atoms with E-state index in [1.807, 2.05) is 56.3 Å². The summed E-state index contributed by atoms with van der Waals surface area (Å²) in [6, 6.07) is 20.0. The zero-order chi connectivity index (χ0) is 27.7. The fraction of sp³-hybridized carbons (Fsp3) is 0.276. The Bertz CT molecular complexity index is 1600. The van der Waals surface area contributed by atoms with Crippen molar-refractivity contribution in [3.8, 4) is 11.4 Å². The lowest BCUT2D eigenvalue weighted by Gasteiger charge is -2.42. The van der Waals surface area contributed by atoms with Gasteiger partial charge in [0.2, 0.25) is 0 Å². The second-order valence-electron chi connectivity index (χ2n) is 9.62. The van der Waals surface area contributed by atoms with E-state index in [-0.39, 0.29) is 29.2 Å². The molecule has 1 aliphatic rings. The number of methoxy groups -OCH3 is 1. The van der Waals surface area contributed by atoms with Crippen LogP contribution < -0.4 is 10.3 Å². The van der Waals surface area contributed by atoms with Crippen LogP contribution in [0.1, 0.15) is 36.1 Å². The Kier molecular flexibility index (Phi) is 7.12. The number of nitro benzene ring substituents is 1. The first-order valence-electron chi connectivity index (χ1n) is 12.7. The van der Waals surface area contributed by atoms with Crippen LogP contribution in [0.15, 0.2) is 77.6 Å². The zero-order valence-corrected chi connectivity index (χ0v) is 22.0. The summed E-state index contributed by atoms with van der Waals surface area (Å²) in [5.74, 6) is 0.988. The maximum Gasteiger partial charge on any atom is 0.269 e. The number of aromatic nitrogens is 2. The second kappa shape index (κ2) is 10.7. The fourth-order valence-electron chi connectivity index (χ4n) is 5.17. The monoisotopic (exact) mass is 527 g/mol. The van der Waals surface area contributed by atoms with Crippen LogP contribution in [0.3, 0.4) is 0 Å². The predicted octanol–water partition coefficient (Wildman–Crippen LogP) is 4.21. The molecule has 10 heteroatoms. The number of ether oxygens (including phenoxy) is 1. The molecule has 2 unspecified atom stereocenters. The van der Waals surface area contributed by atoms with Crippen molar-refractivity contribution in [3.63, 3.8) is 0 Å². The van der Waals surface area contributed by atoms with Gasteiger partial charge in [0.1, 0.15) is 11.6 Å². The Morgan fingerprint density at radius 1 is 1.05 bits per heavy atom. The third-order valence-electron chi connectivity index (χ3n) is 7.29. The van der Waals surface area contributed by atoms with Gasteiger partial charge < -0.3 is 9.64 Å². The molecule has 0 saturated carbocycles. The lowest BCUT2D eigenvalue weighted by Crippen LogP contribution is -2.54. The Labute approximate surface area is 225 Å². The number of amides is 1. The smallest absolute Gasteiger partial charge is 0.269 e. The molecule has 39 heavy (non-hydrogen) atoms. The number of carbonyl (C=O) groups excluding carboxylic acids is 1. The Morgan fingerprint density at radius 3 is 2.44 bits per heavy atom. The van der Waals surface area contributed by atoms with Crippen LogP contribution in [0.5, 0.6) is 5.75 Å². The number of rotatable bonds is 6. The van der Waals surface area contributed by atoms with E-state index in [0.29, 0.717) is 53.4 Å². The van der Waals surface area contributed by atoms with Crippen molar-refractivity contribution in [1.82, 2.24) is 19.4 Å². The average Bonchev–Trinajstić information content (AvgIpc) is 2.96. The van der Waals surface area contributed by atoms with E-state index in [2.05, 4.69) is 4.90 Å². The zero-order valence-electron chi connectivity index (χ0n) is 22.0. The molecular weight excluding hydrogens is 498 g/mol. The molecule has 0 spiro atoms. The normalized spacial score (nSPS) is 16.7. The van der Waals surface area contributed by atoms with E-state index in [4.69, 9.17) is 9.72 Å². The number of hydrogen-bond acceptors (Lipinski definition) is 7. The molecule has 2 atom stereocenters. The summed E-state index contributed by atoms with van der Waals surface area (Å²) < 4.78 is 7.21. The highest BCUT2D eigenvalue weighted by molar-refractivity contribution is 5.94. The molecule has 4 aromatic rings. The molecule has 1 saturated heterocycles. The quantitative estimate of drug-likeness (QED) is 0.273. The first-order valence-corrected chi connectivity index (χ1v) is 12.7. The van der Waals surface area contributed by atoms with Crippen LogP contribution in [0, 0.1) is 10.1 Å². The van der Waals surface area contributed by atoms with Crippen LogP contribution >= 0.6 is 0 Å². The van der Waals surface area contributed by atoms with Gasteiger partial charge in [0, 0.05) is 43.4 Å². The Hall–Kier alpha value is -4.57.